The van der Waals surface area contributed by atoms with Crippen LogP contribution < -0.4 is 16.4 Å². The standard InChI is InChI=1S/C21H26N4O2/c22-20-17(12-24-21(27)13-7-8-13)16(14-4-3-9-23-11-14)10-18(25-20)15-5-1-2-6-19(15)26/h1-2,5-6,10,13-14,23,26H,3-4,7-9,11-12H2,(H2,22,25)(H,24,27). The smallest absolute Gasteiger partial charge is 0.223 e. The Balaban J connectivity index is 1.70. The summed E-state index contributed by atoms with van der Waals surface area (Å²) in [7, 11) is 0. The Morgan fingerprint density at radius 3 is 2.81 bits per heavy atom. The molecule has 1 aromatic heterocycles. The molecule has 2 fully saturated rings. The predicted molar refractivity (Wildman–Crippen MR) is 105 cm³/mol. The van der Waals surface area contributed by atoms with Gasteiger partial charge in [0, 0.05) is 30.1 Å². The molecule has 6 heteroatoms. The van der Waals surface area contributed by atoms with Crippen LogP contribution in [0, 0.1) is 5.92 Å². The molecule has 27 heavy (non-hydrogen) atoms. The molecule has 1 saturated heterocycles. The van der Waals surface area contributed by atoms with Crippen LogP contribution in [0.4, 0.5) is 5.82 Å². The molecule has 1 aliphatic heterocycles. The van der Waals surface area contributed by atoms with E-state index in [0.29, 0.717) is 29.5 Å². The van der Waals surface area contributed by atoms with E-state index >= 15 is 0 Å². The van der Waals surface area contributed by atoms with Crippen molar-refractivity contribution in [3.05, 3.63) is 41.5 Å². The molecule has 1 saturated carbocycles. The average Bonchev–Trinajstić information content (AvgIpc) is 3.53. The Morgan fingerprint density at radius 2 is 2.11 bits per heavy atom. The zero-order valence-corrected chi connectivity index (χ0v) is 15.4. The van der Waals surface area contributed by atoms with Gasteiger partial charge in [-0.1, -0.05) is 12.1 Å². The van der Waals surface area contributed by atoms with Crippen molar-refractivity contribution in [1.82, 2.24) is 15.6 Å². The molecule has 1 atom stereocenters. The molecule has 6 nitrogen and oxygen atoms in total. The number of phenolic OH excluding ortho intramolecular Hbond substituents is 1. The van der Waals surface area contributed by atoms with Crippen LogP contribution in [-0.2, 0) is 11.3 Å². The average molecular weight is 366 g/mol. The number of para-hydroxylation sites is 1. The summed E-state index contributed by atoms with van der Waals surface area (Å²) in [6.07, 6.45) is 4.13. The fraction of sp³-hybridized carbons (Fsp3) is 0.429. The third kappa shape index (κ3) is 3.90. The molecule has 2 aliphatic rings. The first-order chi connectivity index (χ1) is 13.1. The van der Waals surface area contributed by atoms with Gasteiger partial charge in [-0.2, -0.15) is 0 Å². The molecule has 2 heterocycles. The van der Waals surface area contributed by atoms with E-state index in [2.05, 4.69) is 15.6 Å². The van der Waals surface area contributed by atoms with Crippen molar-refractivity contribution in [1.29, 1.82) is 0 Å². The molecule has 5 N–H and O–H groups in total. The molecule has 1 aliphatic carbocycles. The van der Waals surface area contributed by atoms with Gasteiger partial charge in [-0.3, -0.25) is 4.79 Å². The molecule has 0 bridgehead atoms. The number of hydrogen-bond donors (Lipinski definition) is 4. The second-order valence-electron chi connectivity index (χ2n) is 7.51. The summed E-state index contributed by atoms with van der Waals surface area (Å²) in [5.74, 6) is 1.20. The number of phenols is 1. The normalized spacial score (nSPS) is 19.6. The van der Waals surface area contributed by atoms with Gasteiger partial charge < -0.3 is 21.5 Å². The van der Waals surface area contributed by atoms with Gasteiger partial charge in [-0.15, -0.1) is 0 Å². The number of carbonyl (C=O) groups is 1. The summed E-state index contributed by atoms with van der Waals surface area (Å²) < 4.78 is 0. The summed E-state index contributed by atoms with van der Waals surface area (Å²) >= 11 is 0. The molecule has 1 unspecified atom stereocenters. The fourth-order valence-corrected chi connectivity index (χ4v) is 3.78. The molecular weight excluding hydrogens is 340 g/mol. The SMILES string of the molecule is Nc1nc(-c2ccccc2O)cc(C2CCCNC2)c1CNC(=O)C1CC1. The van der Waals surface area contributed by atoms with Crippen LogP contribution in [0.1, 0.15) is 42.7 Å². The summed E-state index contributed by atoms with van der Waals surface area (Å²) in [5, 5.41) is 16.7. The number of rotatable bonds is 5. The second kappa shape index (κ2) is 7.56. The molecular formula is C21H26N4O2. The van der Waals surface area contributed by atoms with E-state index in [-0.39, 0.29) is 17.6 Å². The van der Waals surface area contributed by atoms with E-state index in [9.17, 15) is 9.90 Å². The van der Waals surface area contributed by atoms with E-state index < -0.39 is 0 Å². The summed E-state index contributed by atoms with van der Waals surface area (Å²) in [6.45, 7) is 2.31. The van der Waals surface area contributed by atoms with Crippen LogP contribution in [-0.4, -0.2) is 29.1 Å². The van der Waals surface area contributed by atoms with Gasteiger partial charge >= 0.3 is 0 Å². The van der Waals surface area contributed by atoms with Gasteiger partial charge in [0.2, 0.25) is 5.91 Å². The highest BCUT2D eigenvalue weighted by atomic mass is 16.3. The lowest BCUT2D eigenvalue weighted by Gasteiger charge is -2.26. The number of nitrogens with two attached hydrogens (primary N) is 1. The van der Waals surface area contributed by atoms with Crippen LogP contribution in [0.3, 0.4) is 0 Å². The van der Waals surface area contributed by atoms with Crippen LogP contribution in [0.2, 0.25) is 0 Å². The monoisotopic (exact) mass is 366 g/mol. The number of amides is 1. The van der Waals surface area contributed by atoms with Gasteiger partial charge in [0.1, 0.15) is 11.6 Å². The van der Waals surface area contributed by atoms with Crippen molar-refractivity contribution < 1.29 is 9.90 Å². The predicted octanol–water partition coefficient (Wildman–Crippen LogP) is 2.53. The van der Waals surface area contributed by atoms with Gasteiger partial charge in [0.05, 0.1) is 5.69 Å². The van der Waals surface area contributed by atoms with Crippen LogP contribution in [0.25, 0.3) is 11.3 Å². The zero-order valence-electron chi connectivity index (χ0n) is 15.4. The number of nitrogens with zero attached hydrogens (tertiary/aromatic N) is 1. The zero-order chi connectivity index (χ0) is 18.8. The van der Waals surface area contributed by atoms with E-state index in [4.69, 9.17) is 5.73 Å². The number of hydrogen-bond acceptors (Lipinski definition) is 5. The Labute approximate surface area is 159 Å². The summed E-state index contributed by atoms with van der Waals surface area (Å²) in [5.41, 5.74) is 9.68. The molecule has 142 valence electrons. The Morgan fingerprint density at radius 1 is 1.30 bits per heavy atom. The lowest BCUT2D eigenvalue weighted by molar-refractivity contribution is -0.122. The topological polar surface area (TPSA) is 100 Å². The van der Waals surface area contributed by atoms with E-state index in [0.717, 1.165) is 49.9 Å². The quantitative estimate of drug-likeness (QED) is 0.652. The molecule has 1 aromatic carbocycles. The maximum atomic E-state index is 12.1. The number of nitrogens with one attached hydrogen (secondary N) is 2. The highest BCUT2D eigenvalue weighted by Gasteiger charge is 2.30. The minimum atomic E-state index is 0.104. The number of pyridine rings is 1. The van der Waals surface area contributed by atoms with Crippen molar-refractivity contribution in [2.45, 2.75) is 38.1 Å². The van der Waals surface area contributed by atoms with Crippen molar-refractivity contribution in [3.63, 3.8) is 0 Å². The number of nitrogen functional groups attached to an aromatic ring is 1. The van der Waals surface area contributed by atoms with E-state index in [1.54, 1.807) is 12.1 Å². The van der Waals surface area contributed by atoms with Crippen LogP contribution in [0.5, 0.6) is 5.75 Å². The minimum absolute atomic E-state index is 0.104. The van der Waals surface area contributed by atoms with Crippen molar-refractivity contribution in [2.75, 3.05) is 18.8 Å². The first-order valence-corrected chi connectivity index (χ1v) is 9.69. The summed E-state index contributed by atoms with van der Waals surface area (Å²) in [4.78, 5) is 16.6. The number of benzene rings is 1. The van der Waals surface area contributed by atoms with Crippen molar-refractivity contribution in [2.24, 2.45) is 5.92 Å². The molecule has 0 spiro atoms. The fourth-order valence-electron chi connectivity index (χ4n) is 3.78. The van der Waals surface area contributed by atoms with E-state index in [1.807, 2.05) is 18.2 Å². The Bertz CT molecular complexity index is 842. The summed E-state index contributed by atoms with van der Waals surface area (Å²) in [6, 6.07) is 9.18. The van der Waals surface area contributed by atoms with Crippen molar-refractivity contribution in [3.8, 4) is 17.0 Å². The van der Waals surface area contributed by atoms with E-state index in [1.165, 1.54) is 0 Å². The van der Waals surface area contributed by atoms with Gasteiger partial charge in [-0.05, 0) is 61.9 Å². The molecule has 0 radical (unpaired) electrons. The highest BCUT2D eigenvalue weighted by molar-refractivity contribution is 5.81. The molecule has 2 aromatic rings. The number of piperidine rings is 1. The molecule has 1 amide bonds. The maximum absolute atomic E-state index is 12.1. The number of carbonyl (C=O) groups excluding carboxylic acids is 1. The molecule has 4 rings (SSSR count). The highest BCUT2D eigenvalue weighted by Crippen LogP contribution is 2.35. The minimum Gasteiger partial charge on any atom is -0.507 e. The second-order valence-corrected chi connectivity index (χ2v) is 7.51. The van der Waals surface area contributed by atoms with Crippen LogP contribution in [0.15, 0.2) is 30.3 Å². The van der Waals surface area contributed by atoms with Gasteiger partial charge in [0.25, 0.3) is 0 Å². The van der Waals surface area contributed by atoms with Crippen LogP contribution >= 0.6 is 0 Å². The lowest BCUT2D eigenvalue weighted by Crippen LogP contribution is -2.31. The Hall–Kier alpha value is -2.60. The number of aromatic nitrogens is 1. The number of aromatic hydroxyl groups is 1. The van der Waals surface area contributed by atoms with Gasteiger partial charge in [-0.25, -0.2) is 4.98 Å². The first-order valence-electron chi connectivity index (χ1n) is 9.69. The largest absolute Gasteiger partial charge is 0.507 e. The van der Waals surface area contributed by atoms with Gasteiger partial charge in [0.15, 0.2) is 0 Å². The third-order valence-corrected chi connectivity index (χ3v) is 5.50. The lowest BCUT2D eigenvalue weighted by atomic mass is 9.87. The first kappa shape index (κ1) is 17.8. The maximum Gasteiger partial charge on any atom is 0.223 e. The van der Waals surface area contributed by atoms with Crippen molar-refractivity contribution >= 4 is 11.7 Å². The Kier molecular flexibility index (Phi) is 4.99. The third-order valence-electron chi connectivity index (χ3n) is 5.50. The number of anilines is 1.